The van der Waals surface area contributed by atoms with Crippen molar-refractivity contribution in [3.8, 4) is 0 Å². The predicted molar refractivity (Wildman–Crippen MR) is 146 cm³/mol. The zero-order valence-corrected chi connectivity index (χ0v) is 23.0. The topological polar surface area (TPSA) is 60.7 Å². The average molecular weight is 501 g/mol. The first-order chi connectivity index (χ1) is 15.4. The van der Waals surface area contributed by atoms with Crippen LogP contribution in [0.3, 0.4) is 0 Å². The highest BCUT2D eigenvalue weighted by molar-refractivity contribution is 7.99. The molecule has 3 N–H and O–H groups in total. The third kappa shape index (κ3) is 7.32. The molecule has 0 heterocycles. The summed E-state index contributed by atoms with van der Waals surface area (Å²) < 4.78 is 0. The van der Waals surface area contributed by atoms with Crippen LogP contribution in [0.25, 0.3) is 0 Å². The minimum Gasteiger partial charge on any atom is -0.396 e. The maximum atomic E-state index is 9.33. The van der Waals surface area contributed by atoms with Crippen LogP contribution in [0.2, 0.25) is 0 Å². The Labute approximate surface area is 209 Å². The maximum Gasteiger partial charge on any atom is 0.0521 e. The fourth-order valence-electron chi connectivity index (χ4n) is 5.45. The Morgan fingerprint density at radius 2 is 1.50 bits per heavy atom. The van der Waals surface area contributed by atoms with E-state index in [1.807, 2.05) is 35.3 Å². The molecule has 0 aromatic heterocycles. The van der Waals surface area contributed by atoms with Gasteiger partial charge in [-0.15, -0.1) is 0 Å². The molecule has 2 unspecified atom stereocenters. The van der Waals surface area contributed by atoms with Crippen LogP contribution in [0, 0.1) is 11.3 Å². The van der Waals surface area contributed by atoms with E-state index in [9.17, 15) is 5.11 Å². The number of hydrogen-bond donors (Lipinski definition) is 3. The molecule has 0 bridgehead atoms. The zero-order chi connectivity index (χ0) is 23.6. The summed E-state index contributed by atoms with van der Waals surface area (Å²) in [5.74, 6) is 6.23. The van der Waals surface area contributed by atoms with Crippen molar-refractivity contribution < 1.29 is 15.3 Å². The molecule has 1 fully saturated rings. The molecule has 1 saturated carbocycles. The number of rotatable bonds is 16. The summed E-state index contributed by atoms with van der Waals surface area (Å²) in [6.07, 6.45) is 5.92. The van der Waals surface area contributed by atoms with Gasteiger partial charge < -0.3 is 15.3 Å². The van der Waals surface area contributed by atoms with Gasteiger partial charge in [-0.25, -0.2) is 0 Å². The smallest absolute Gasteiger partial charge is 0.0521 e. The van der Waals surface area contributed by atoms with Crippen LogP contribution in [0.5, 0.6) is 0 Å². The Morgan fingerprint density at radius 1 is 0.906 bits per heavy atom. The van der Waals surface area contributed by atoms with Gasteiger partial charge in [0.15, 0.2) is 0 Å². The number of aliphatic hydroxyl groups excluding tert-OH is 3. The Kier molecular flexibility index (Phi) is 12.9. The number of allylic oxidation sites excluding steroid dienone is 6. The Hall–Kier alpha value is 0.150. The van der Waals surface area contributed by atoms with Gasteiger partial charge in [0, 0.05) is 28.9 Å². The number of hydrogen-bond acceptors (Lipinski definition) is 6. The van der Waals surface area contributed by atoms with Crippen LogP contribution in [0.15, 0.2) is 33.4 Å². The quantitative estimate of drug-likeness (QED) is 0.236. The second-order valence-electron chi connectivity index (χ2n) is 9.32. The van der Waals surface area contributed by atoms with Gasteiger partial charge in [0.2, 0.25) is 0 Å². The van der Waals surface area contributed by atoms with Crippen LogP contribution >= 0.6 is 35.3 Å². The van der Waals surface area contributed by atoms with Gasteiger partial charge >= 0.3 is 0 Å². The van der Waals surface area contributed by atoms with E-state index >= 15 is 0 Å². The Balaban J connectivity index is 2.19. The first kappa shape index (κ1) is 28.4. The van der Waals surface area contributed by atoms with Crippen molar-refractivity contribution in [3.63, 3.8) is 0 Å². The SMILES string of the molecule is CC1=C2CC(C)(CCCSCCO)C2=C(C)C(CSCCO)/C1=C(/C)CCCSCCO. The first-order valence-electron chi connectivity index (χ1n) is 12.1. The van der Waals surface area contributed by atoms with E-state index in [0.29, 0.717) is 11.3 Å². The lowest BCUT2D eigenvalue weighted by atomic mass is 9.53. The molecule has 2 rings (SSSR count). The summed E-state index contributed by atoms with van der Waals surface area (Å²) in [6.45, 7) is 10.3. The van der Waals surface area contributed by atoms with E-state index in [2.05, 4.69) is 27.7 Å². The van der Waals surface area contributed by atoms with E-state index in [0.717, 1.165) is 47.4 Å². The molecule has 0 aromatic carbocycles. The van der Waals surface area contributed by atoms with Crippen LogP contribution in [0.1, 0.15) is 59.8 Å². The lowest BCUT2D eigenvalue weighted by Gasteiger charge is -2.51. The van der Waals surface area contributed by atoms with Gasteiger partial charge in [0.1, 0.15) is 0 Å². The highest BCUT2D eigenvalue weighted by Crippen LogP contribution is 2.60. The van der Waals surface area contributed by atoms with Gasteiger partial charge in [-0.3, -0.25) is 0 Å². The van der Waals surface area contributed by atoms with E-state index < -0.39 is 0 Å². The van der Waals surface area contributed by atoms with Crippen LogP contribution < -0.4 is 0 Å². The largest absolute Gasteiger partial charge is 0.396 e. The summed E-state index contributed by atoms with van der Waals surface area (Å²) >= 11 is 5.58. The minimum atomic E-state index is 0.246. The van der Waals surface area contributed by atoms with Crippen molar-refractivity contribution in [2.75, 3.05) is 54.3 Å². The summed E-state index contributed by atoms with van der Waals surface area (Å²) in [4.78, 5) is 0. The van der Waals surface area contributed by atoms with Crippen molar-refractivity contribution >= 4 is 35.3 Å². The summed E-state index contributed by atoms with van der Waals surface area (Å²) in [5.41, 5.74) is 9.71. The number of aliphatic hydroxyl groups is 3. The number of thioether (sulfide) groups is 3. The molecule has 184 valence electrons. The fourth-order valence-corrected chi connectivity index (χ4v) is 7.76. The first-order valence-corrected chi connectivity index (χ1v) is 15.5. The maximum absolute atomic E-state index is 9.33. The molecular formula is C26H44O3S3. The zero-order valence-electron chi connectivity index (χ0n) is 20.5. The monoisotopic (exact) mass is 500 g/mol. The van der Waals surface area contributed by atoms with Crippen molar-refractivity contribution in [1.29, 1.82) is 0 Å². The van der Waals surface area contributed by atoms with E-state index in [1.165, 1.54) is 30.4 Å². The molecule has 0 aliphatic heterocycles. The predicted octanol–water partition coefficient (Wildman–Crippen LogP) is 5.71. The second-order valence-corrected chi connectivity index (χ2v) is 12.9. The van der Waals surface area contributed by atoms with Crippen molar-refractivity contribution in [3.05, 3.63) is 33.4 Å². The van der Waals surface area contributed by atoms with Crippen molar-refractivity contribution in [2.24, 2.45) is 11.3 Å². The molecule has 3 nitrogen and oxygen atoms in total. The van der Waals surface area contributed by atoms with E-state index in [-0.39, 0.29) is 19.8 Å². The van der Waals surface area contributed by atoms with Crippen LogP contribution in [-0.4, -0.2) is 69.7 Å². The molecule has 2 atom stereocenters. The molecule has 0 radical (unpaired) electrons. The lowest BCUT2D eigenvalue weighted by Crippen LogP contribution is -2.38. The standard InChI is InChI=1S/C26H44O3S3/c1-19(7-5-12-30-14-9-27)24-20(2)22-17-26(4,8-6-13-31-15-10-28)25(22)21(3)23(24)18-32-16-11-29/h23,27-29H,5-18H2,1-4H3/b24-19-. The Morgan fingerprint density at radius 3 is 2.12 bits per heavy atom. The van der Waals surface area contributed by atoms with E-state index in [4.69, 9.17) is 10.2 Å². The Bertz CT molecular complexity index is 698. The minimum absolute atomic E-state index is 0.246. The molecule has 6 heteroatoms. The summed E-state index contributed by atoms with van der Waals surface area (Å²) in [6, 6.07) is 0. The third-order valence-electron chi connectivity index (χ3n) is 6.90. The molecule has 2 aliphatic carbocycles. The van der Waals surface area contributed by atoms with Gasteiger partial charge in [0.25, 0.3) is 0 Å². The molecule has 0 amide bonds. The van der Waals surface area contributed by atoms with Crippen LogP contribution in [-0.2, 0) is 0 Å². The molecule has 0 spiro atoms. The van der Waals surface area contributed by atoms with Crippen molar-refractivity contribution in [1.82, 2.24) is 0 Å². The van der Waals surface area contributed by atoms with Crippen molar-refractivity contribution in [2.45, 2.75) is 59.8 Å². The average Bonchev–Trinajstić information content (AvgIpc) is 2.75. The second kappa shape index (κ2) is 14.5. The highest BCUT2D eigenvalue weighted by atomic mass is 32.2. The molecule has 0 saturated heterocycles. The third-order valence-corrected chi connectivity index (χ3v) is 10.0. The van der Waals surface area contributed by atoms with Gasteiger partial charge in [-0.1, -0.05) is 18.1 Å². The highest BCUT2D eigenvalue weighted by Gasteiger charge is 2.47. The number of fused-ring (bicyclic) bond motifs is 1. The fraction of sp³-hybridized carbons (Fsp3) is 0.769. The summed E-state index contributed by atoms with van der Waals surface area (Å²) in [7, 11) is 0. The van der Waals surface area contributed by atoms with Gasteiger partial charge in [-0.2, -0.15) is 35.3 Å². The van der Waals surface area contributed by atoms with Crippen LogP contribution in [0.4, 0.5) is 0 Å². The lowest BCUT2D eigenvalue weighted by molar-refractivity contribution is 0.295. The molecule has 2 aliphatic rings. The molecule has 32 heavy (non-hydrogen) atoms. The van der Waals surface area contributed by atoms with Gasteiger partial charge in [0.05, 0.1) is 19.8 Å². The van der Waals surface area contributed by atoms with E-state index in [1.54, 1.807) is 22.3 Å². The normalized spacial score (nSPS) is 24.7. The molecular weight excluding hydrogens is 456 g/mol. The van der Waals surface area contributed by atoms with Gasteiger partial charge in [-0.05, 0) is 92.1 Å². The molecule has 0 aromatic rings. The summed E-state index contributed by atoms with van der Waals surface area (Å²) in [5, 5.41) is 27.3.